The minimum Gasteiger partial charge on any atom is -0.486 e. The second-order valence-corrected chi connectivity index (χ2v) is 4.03. The maximum absolute atomic E-state index is 13.3. The Balaban J connectivity index is 1.99. The molecule has 0 amide bonds. The van der Waals surface area contributed by atoms with E-state index in [0.29, 0.717) is 13.0 Å². The Labute approximate surface area is 103 Å². The highest BCUT2D eigenvalue weighted by Crippen LogP contribution is 2.22. The van der Waals surface area contributed by atoms with Gasteiger partial charge in [-0.1, -0.05) is 0 Å². The summed E-state index contributed by atoms with van der Waals surface area (Å²) in [6, 6.07) is 2.55. The number of esters is 1. The molecule has 4 nitrogen and oxygen atoms in total. The smallest absolute Gasteiger partial charge is 0.323 e. The van der Waals surface area contributed by atoms with E-state index in [0.717, 1.165) is 18.2 Å². The average molecular weight is 257 g/mol. The molecule has 1 aliphatic rings. The highest BCUT2D eigenvalue weighted by atomic mass is 19.1. The van der Waals surface area contributed by atoms with Crippen molar-refractivity contribution >= 4 is 5.97 Å². The van der Waals surface area contributed by atoms with Gasteiger partial charge in [0.1, 0.15) is 18.0 Å². The van der Waals surface area contributed by atoms with Crippen LogP contribution in [0.25, 0.3) is 0 Å². The van der Waals surface area contributed by atoms with Crippen LogP contribution >= 0.6 is 0 Å². The summed E-state index contributed by atoms with van der Waals surface area (Å²) in [5, 5.41) is 2.90. The minimum atomic E-state index is -0.627. The van der Waals surface area contributed by atoms with Gasteiger partial charge in [0.25, 0.3) is 0 Å². The number of carbonyl (C=O) groups is 1. The third-order valence-electron chi connectivity index (χ3n) is 2.76. The number of methoxy groups -OCH3 is 1. The van der Waals surface area contributed by atoms with Gasteiger partial charge in [0.2, 0.25) is 0 Å². The number of rotatable bonds is 3. The number of halogens is 2. The zero-order valence-corrected chi connectivity index (χ0v) is 9.78. The third kappa shape index (κ3) is 2.76. The maximum atomic E-state index is 13.3. The average Bonchev–Trinajstić information content (AvgIpc) is 2.81. The molecule has 1 N–H and O–H groups in total. The molecule has 1 saturated heterocycles. The predicted octanol–water partition coefficient (Wildman–Crippen LogP) is 1.25. The molecule has 0 aromatic heterocycles. The van der Waals surface area contributed by atoms with Crippen LogP contribution in [0.1, 0.15) is 6.42 Å². The summed E-state index contributed by atoms with van der Waals surface area (Å²) >= 11 is 0. The van der Waals surface area contributed by atoms with Gasteiger partial charge in [-0.15, -0.1) is 0 Å². The van der Waals surface area contributed by atoms with Crippen molar-refractivity contribution < 1.29 is 23.0 Å². The van der Waals surface area contributed by atoms with Gasteiger partial charge in [0, 0.05) is 19.0 Å². The van der Waals surface area contributed by atoms with Gasteiger partial charge in [-0.3, -0.25) is 4.79 Å². The van der Waals surface area contributed by atoms with Gasteiger partial charge in [-0.25, -0.2) is 8.78 Å². The highest BCUT2D eigenvalue weighted by molar-refractivity contribution is 5.76. The summed E-state index contributed by atoms with van der Waals surface area (Å²) in [5.74, 6) is -1.73. The van der Waals surface area contributed by atoms with E-state index in [1.165, 1.54) is 7.11 Å². The molecule has 0 unspecified atom stereocenters. The molecule has 0 aliphatic carbocycles. The van der Waals surface area contributed by atoms with Gasteiger partial charge in [0.15, 0.2) is 11.6 Å². The first-order chi connectivity index (χ1) is 8.60. The molecule has 0 radical (unpaired) electrons. The number of benzene rings is 1. The van der Waals surface area contributed by atoms with Crippen LogP contribution in [0.5, 0.6) is 5.75 Å². The molecule has 1 aliphatic heterocycles. The van der Waals surface area contributed by atoms with Crippen LogP contribution in [-0.2, 0) is 9.53 Å². The van der Waals surface area contributed by atoms with Crippen LogP contribution in [0, 0.1) is 11.6 Å². The van der Waals surface area contributed by atoms with Crippen molar-refractivity contribution in [3.05, 3.63) is 29.8 Å². The molecule has 2 atom stereocenters. The Bertz CT molecular complexity index is 453. The monoisotopic (exact) mass is 257 g/mol. The summed E-state index contributed by atoms with van der Waals surface area (Å²) in [6.45, 7) is 0.385. The standard InChI is InChI=1S/C12H13F2NO3/c1-17-12(16)10-5-8(6-15-10)18-11-4-7(13)2-3-9(11)14/h2-4,8,10,15H,5-6H2,1H3/t8-,10+/m1/s1. The van der Waals surface area contributed by atoms with Crippen molar-refractivity contribution in [2.45, 2.75) is 18.6 Å². The molecule has 1 aromatic rings. The van der Waals surface area contributed by atoms with Crippen LogP contribution < -0.4 is 10.1 Å². The largest absolute Gasteiger partial charge is 0.486 e. The van der Waals surface area contributed by atoms with Gasteiger partial charge in [0.05, 0.1) is 7.11 Å². The van der Waals surface area contributed by atoms with Crippen molar-refractivity contribution in [2.24, 2.45) is 0 Å². The Morgan fingerprint density at radius 3 is 2.94 bits per heavy atom. The summed E-state index contributed by atoms with van der Waals surface area (Å²) in [7, 11) is 1.30. The summed E-state index contributed by atoms with van der Waals surface area (Å²) in [5.41, 5.74) is 0. The summed E-state index contributed by atoms with van der Waals surface area (Å²) in [6.07, 6.45) is -0.0202. The first-order valence-corrected chi connectivity index (χ1v) is 5.53. The van der Waals surface area contributed by atoms with Gasteiger partial charge < -0.3 is 14.8 Å². The van der Waals surface area contributed by atoms with Crippen molar-refractivity contribution in [3.8, 4) is 5.75 Å². The maximum Gasteiger partial charge on any atom is 0.323 e. The second-order valence-electron chi connectivity index (χ2n) is 4.03. The minimum absolute atomic E-state index is 0.146. The van der Waals surface area contributed by atoms with E-state index in [1.807, 2.05) is 0 Å². The Hall–Kier alpha value is -1.69. The van der Waals surface area contributed by atoms with Gasteiger partial charge in [-0.05, 0) is 12.1 Å². The topological polar surface area (TPSA) is 47.6 Å². The van der Waals surface area contributed by atoms with E-state index in [2.05, 4.69) is 10.1 Å². The molecule has 0 saturated carbocycles. The summed E-state index contributed by atoms with van der Waals surface area (Å²) in [4.78, 5) is 11.3. The van der Waals surface area contributed by atoms with Crippen LogP contribution in [-0.4, -0.2) is 31.8 Å². The molecule has 18 heavy (non-hydrogen) atoms. The van der Waals surface area contributed by atoms with Crippen molar-refractivity contribution in [2.75, 3.05) is 13.7 Å². The van der Waals surface area contributed by atoms with Crippen molar-refractivity contribution in [1.29, 1.82) is 0 Å². The second kappa shape index (κ2) is 5.30. The van der Waals surface area contributed by atoms with Gasteiger partial charge in [-0.2, -0.15) is 0 Å². The molecule has 1 aromatic carbocycles. The number of hydrogen-bond donors (Lipinski definition) is 1. The molecular formula is C12H13F2NO3. The SMILES string of the molecule is COC(=O)[C@@H]1C[C@@H](Oc2cc(F)ccc2F)CN1. The van der Waals surface area contributed by atoms with E-state index >= 15 is 0 Å². The van der Waals surface area contributed by atoms with Crippen LogP contribution in [0.2, 0.25) is 0 Å². The fourth-order valence-corrected chi connectivity index (χ4v) is 1.86. The molecule has 98 valence electrons. The molecule has 1 fully saturated rings. The van der Waals surface area contributed by atoms with E-state index in [-0.39, 0.29) is 17.8 Å². The lowest BCUT2D eigenvalue weighted by Crippen LogP contribution is -2.31. The van der Waals surface area contributed by atoms with Crippen molar-refractivity contribution in [1.82, 2.24) is 5.32 Å². The lowest BCUT2D eigenvalue weighted by Gasteiger charge is -2.13. The van der Waals surface area contributed by atoms with Crippen LogP contribution in [0.4, 0.5) is 8.78 Å². The first kappa shape index (κ1) is 12.8. The lowest BCUT2D eigenvalue weighted by atomic mass is 10.2. The Morgan fingerprint density at radius 1 is 1.44 bits per heavy atom. The van der Waals surface area contributed by atoms with Crippen LogP contribution in [0.3, 0.4) is 0 Å². The third-order valence-corrected chi connectivity index (χ3v) is 2.76. The van der Waals surface area contributed by atoms with E-state index in [1.54, 1.807) is 0 Å². The molecule has 0 spiro atoms. The van der Waals surface area contributed by atoms with Crippen molar-refractivity contribution in [3.63, 3.8) is 0 Å². The van der Waals surface area contributed by atoms with E-state index in [4.69, 9.17) is 4.74 Å². The molecule has 6 heteroatoms. The number of hydrogen-bond acceptors (Lipinski definition) is 4. The number of nitrogens with one attached hydrogen (secondary N) is 1. The fourth-order valence-electron chi connectivity index (χ4n) is 1.86. The molecule has 1 heterocycles. The Morgan fingerprint density at radius 2 is 2.22 bits per heavy atom. The molecule has 0 bridgehead atoms. The van der Waals surface area contributed by atoms with Gasteiger partial charge >= 0.3 is 5.97 Å². The normalized spacial score (nSPS) is 22.8. The zero-order chi connectivity index (χ0) is 13.1. The summed E-state index contributed by atoms with van der Waals surface area (Å²) < 4.78 is 36.2. The zero-order valence-electron chi connectivity index (χ0n) is 9.78. The highest BCUT2D eigenvalue weighted by Gasteiger charge is 2.31. The Kier molecular flexibility index (Phi) is 3.76. The van der Waals surface area contributed by atoms with E-state index < -0.39 is 17.7 Å². The number of ether oxygens (including phenoxy) is 2. The number of carbonyl (C=O) groups excluding carboxylic acids is 1. The van der Waals surface area contributed by atoms with Crippen LogP contribution in [0.15, 0.2) is 18.2 Å². The first-order valence-electron chi connectivity index (χ1n) is 5.53. The molecule has 2 rings (SSSR count). The van der Waals surface area contributed by atoms with E-state index in [9.17, 15) is 13.6 Å². The predicted molar refractivity (Wildman–Crippen MR) is 59.2 cm³/mol. The fraction of sp³-hybridized carbons (Fsp3) is 0.417. The quantitative estimate of drug-likeness (QED) is 0.828. The molecular weight excluding hydrogens is 244 g/mol. The lowest BCUT2D eigenvalue weighted by molar-refractivity contribution is -0.142.